The molecule has 2 nitrogen and oxygen atoms in total. The van der Waals surface area contributed by atoms with Gasteiger partial charge < -0.3 is 10.4 Å². The van der Waals surface area contributed by atoms with Gasteiger partial charge in [-0.2, -0.15) is 0 Å². The Kier molecular flexibility index (Phi) is 4.92. The van der Waals surface area contributed by atoms with Crippen LogP contribution in [0.5, 0.6) is 0 Å². The zero-order valence-electron chi connectivity index (χ0n) is 9.15. The van der Waals surface area contributed by atoms with Gasteiger partial charge in [0, 0.05) is 23.0 Å². The normalized spacial score (nSPS) is 11.6. The number of anilines is 1. The van der Waals surface area contributed by atoms with Gasteiger partial charge in [-0.1, -0.05) is 53.0 Å². The van der Waals surface area contributed by atoms with Crippen LogP contribution in [0.25, 0.3) is 0 Å². The summed E-state index contributed by atoms with van der Waals surface area (Å²) in [4.78, 5) is 0. The van der Waals surface area contributed by atoms with Crippen LogP contribution in [-0.2, 0) is 0 Å². The van der Waals surface area contributed by atoms with Crippen molar-refractivity contribution in [2.24, 2.45) is 5.41 Å². The average Bonchev–Trinajstić information content (AvgIpc) is 2.16. The fourth-order valence-corrected chi connectivity index (χ4v) is 2.44. The topological polar surface area (TPSA) is 32.3 Å². The molecule has 0 radical (unpaired) electrons. The van der Waals surface area contributed by atoms with Gasteiger partial charge in [0.1, 0.15) is 0 Å². The van der Waals surface area contributed by atoms with Crippen molar-refractivity contribution in [3.8, 4) is 0 Å². The molecule has 0 aliphatic rings. The van der Waals surface area contributed by atoms with Crippen LogP contribution in [-0.4, -0.2) is 18.3 Å². The monoisotopic (exact) mass is 325 g/mol. The third kappa shape index (κ3) is 3.81. The van der Waals surface area contributed by atoms with Gasteiger partial charge in [-0.25, -0.2) is 0 Å². The van der Waals surface area contributed by atoms with Gasteiger partial charge in [-0.05, 0) is 12.1 Å². The third-order valence-corrected chi connectivity index (χ3v) is 3.23. The van der Waals surface area contributed by atoms with Gasteiger partial charge in [-0.3, -0.25) is 0 Å². The van der Waals surface area contributed by atoms with Gasteiger partial charge in [-0.15, -0.1) is 0 Å². The summed E-state index contributed by atoms with van der Waals surface area (Å²) in [6.07, 6.45) is 0. The van der Waals surface area contributed by atoms with Gasteiger partial charge in [0.25, 0.3) is 0 Å². The maximum Gasteiger partial charge on any atom is 0.0719 e. The van der Waals surface area contributed by atoms with E-state index in [9.17, 15) is 0 Å². The Bertz CT molecular complexity index is 359. The minimum absolute atomic E-state index is 0.103. The Balaban J connectivity index is 2.82. The molecule has 0 saturated heterocycles. The summed E-state index contributed by atoms with van der Waals surface area (Å²) in [5, 5.41) is 13.4. The first-order valence-electron chi connectivity index (χ1n) is 4.85. The Hall–Kier alpha value is 0.0400. The Labute approximate surface area is 114 Å². The SMILES string of the molecule is CC(C)(CO)CNc1c(Cl)cc(Br)cc1Cl. The molecule has 5 heteroatoms. The van der Waals surface area contributed by atoms with Gasteiger partial charge in [0.15, 0.2) is 0 Å². The lowest BCUT2D eigenvalue weighted by Gasteiger charge is -2.23. The molecule has 2 N–H and O–H groups in total. The second kappa shape index (κ2) is 5.58. The van der Waals surface area contributed by atoms with E-state index in [1.165, 1.54) is 0 Å². The number of halogens is 3. The highest BCUT2D eigenvalue weighted by Gasteiger charge is 2.17. The van der Waals surface area contributed by atoms with Crippen LogP contribution in [0.4, 0.5) is 5.69 Å². The van der Waals surface area contributed by atoms with Gasteiger partial charge in [0.2, 0.25) is 0 Å². The lowest BCUT2D eigenvalue weighted by molar-refractivity contribution is 0.171. The largest absolute Gasteiger partial charge is 0.396 e. The summed E-state index contributed by atoms with van der Waals surface area (Å²) in [5.41, 5.74) is 0.493. The van der Waals surface area contributed by atoms with E-state index < -0.39 is 0 Å². The van der Waals surface area contributed by atoms with Crippen LogP contribution in [0.2, 0.25) is 10.0 Å². The highest BCUT2D eigenvalue weighted by atomic mass is 79.9. The maximum atomic E-state index is 9.14. The zero-order valence-corrected chi connectivity index (χ0v) is 12.2. The van der Waals surface area contributed by atoms with Gasteiger partial charge in [0.05, 0.1) is 15.7 Å². The number of benzene rings is 1. The molecule has 0 aliphatic carbocycles. The summed E-state index contributed by atoms with van der Waals surface area (Å²) in [7, 11) is 0. The smallest absolute Gasteiger partial charge is 0.0719 e. The van der Waals surface area contributed by atoms with Crippen molar-refractivity contribution in [2.45, 2.75) is 13.8 Å². The average molecular weight is 327 g/mol. The molecule has 0 aliphatic heterocycles. The van der Waals surface area contributed by atoms with Crippen LogP contribution in [0.15, 0.2) is 16.6 Å². The molecule has 0 heterocycles. The van der Waals surface area contributed by atoms with Crippen molar-refractivity contribution in [3.63, 3.8) is 0 Å². The summed E-state index contributed by atoms with van der Waals surface area (Å²) in [5.74, 6) is 0. The molecule has 0 aromatic heterocycles. The standard InChI is InChI=1S/C11H14BrCl2NO/c1-11(2,6-16)5-15-10-8(13)3-7(12)4-9(10)14/h3-4,15-16H,5-6H2,1-2H3. The first-order chi connectivity index (χ1) is 7.35. The molecule has 0 spiro atoms. The number of aliphatic hydroxyl groups is 1. The second-order valence-electron chi connectivity index (χ2n) is 4.42. The molecule has 0 fully saturated rings. The highest BCUT2D eigenvalue weighted by Crippen LogP contribution is 2.34. The van der Waals surface area contributed by atoms with Crippen molar-refractivity contribution >= 4 is 44.8 Å². The first-order valence-corrected chi connectivity index (χ1v) is 6.40. The first kappa shape index (κ1) is 14.1. The van der Waals surface area contributed by atoms with Crippen LogP contribution >= 0.6 is 39.1 Å². The lowest BCUT2D eigenvalue weighted by atomic mass is 9.95. The molecular formula is C11H14BrCl2NO. The van der Waals surface area contributed by atoms with Crippen molar-refractivity contribution in [3.05, 3.63) is 26.7 Å². The van der Waals surface area contributed by atoms with Crippen LogP contribution in [0, 0.1) is 5.41 Å². The molecule has 0 bridgehead atoms. The lowest BCUT2D eigenvalue weighted by Crippen LogP contribution is -2.26. The molecule has 90 valence electrons. The molecule has 16 heavy (non-hydrogen) atoms. The molecule has 1 aromatic rings. The van der Waals surface area contributed by atoms with E-state index in [2.05, 4.69) is 21.2 Å². The predicted octanol–water partition coefficient (Wildman–Crippen LogP) is 4.19. The number of rotatable bonds is 4. The van der Waals surface area contributed by atoms with Gasteiger partial charge >= 0.3 is 0 Å². The molecule has 1 rings (SSSR count). The number of aliphatic hydroxyl groups excluding tert-OH is 1. The van der Waals surface area contributed by atoms with E-state index in [1.54, 1.807) is 12.1 Å². The molecule has 0 amide bonds. The molecule has 0 atom stereocenters. The highest BCUT2D eigenvalue weighted by molar-refractivity contribution is 9.10. The Morgan fingerprint density at radius 2 is 1.81 bits per heavy atom. The third-order valence-electron chi connectivity index (χ3n) is 2.18. The van der Waals surface area contributed by atoms with E-state index >= 15 is 0 Å². The van der Waals surface area contributed by atoms with Crippen molar-refractivity contribution in [1.29, 1.82) is 0 Å². The summed E-state index contributed by atoms with van der Waals surface area (Å²) in [6, 6.07) is 3.56. The van der Waals surface area contributed by atoms with E-state index in [4.69, 9.17) is 28.3 Å². The predicted molar refractivity (Wildman–Crippen MR) is 73.5 cm³/mol. The number of nitrogens with one attached hydrogen (secondary N) is 1. The minimum Gasteiger partial charge on any atom is -0.396 e. The zero-order chi connectivity index (χ0) is 12.3. The van der Waals surface area contributed by atoms with E-state index in [0.717, 1.165) is 4.47 Å². The summed E-state index contributed by atoms with van der Waals surface area (Å²) < 4.78 is 0.842. The molecule has 0 unspecified atom stereocenters. The quantitative estimate of drug-likeness (QED) is 0.869. The Morgan fingerprint density at radius 3 is 2.25 bits per heavy atom. The summed E-state index contributed by atoms with van der Waals surface area (Å²) >= 11 is 15.4. The molecule has 0 saturated carbocycles. The molecular weight excluding hydrogens is 313 g/mol. The Morgan fingerprint density at radius 1 is 1.31 bits per heavy atom. The number of hydrogen-bond donors (Lipinski definition) is 2. The van der Waals surface area contributed by atoms with Crippen molar-refractivity contribution < 1.29 is 5.11 Å². The maximum absolute atomic E-state index is 9.14. The molecule has 1 aromatic carbocycles. The van der Waals surface area contributed by atoms with E-state index in [0.29, 0.717) is 22.3 Å². The second-order valence-corrected chi connectivity index (χ2v) is 6.15. The van der Waals surface area contributed by atoms with Crippen LogP contribution in [0.3, 0.4) is 0 Å². The minimum atomic E-state index is -0.209. The van der Waals surface area contributed by atoms with Crippen LogP contribution in [0.1, 0.15) is 13.8 Å². The van der Waals surface area contributed by atoms with Crippen molar-refractivity contribution in [2.75, 3.05) is 18.5 Å². The number of hydrogen-bond acceptors (Lipinski definition) is 2. The fraction of sp³-hybridized carbons (Fsp3) is 0.455. The van der Waals surface area contributed by atoms with E-state index in [-0.39, 0.29) is 12.0 Å². The van der Waals surface area contributed by atoms with E-state index in [1.807, 2.05) is 13.8 Å². The van der Waals surface area contributed by atoms with Crippen molar-refractivity contribution in [1.82, 2.24) is 0 Å². The summed E-state index contributed by atoms with van der Waals surface area (Å²) in [6.45, 7) is 4.62. The van der Waals surface area contributed by atoms with Crippen LogP contribution < -0.4 is 5.32 Å². The fourth-order valence-electron chi connectivity index (χ4n) is 1.09.